The quantitative estimate of drug-likeness (QED) is 0.828. The number of cyclic esters (lactones) is 1. The van der Waals surface area contributed by atoms with Crippen LogP contribution in [0.25, 0.3) is 0 Å². The molecular weight excluding hydrogens is 353 g/mol. The summed E-state index contributed by atoms with van der Waals surface area (Å²) >= 11 is 0. The van der Waals surface area contributed by atoms with E-state index in [1.165, 1.54) is 19.1 Å². The maximum atomic E-state index is 13.0. The SMILES string of the molecule is CC[C@@]1(C)OC(=O)N(CCC(=O)Nc2ccccc2C(F)(F)F)[C@]1(C)O. The molecule has 1 heterocycles. The van der Waals surface area contributed by atoms with E-state index in [2.05, 4.69) is 5.32 Å². The molecule has 1 aromatic carbocycles. The number of nitrogens with zero attached hydrogens (tertiary/aromatic N) is 1. The lowest BCUT2D eigenvalue weighted by molar-refractivity contribution is -0.139. The lowest BCUT2D eigenvalue weighted by atomic mass is 9.91. The van der Waals surface area contributed by atoms with Crippen LogP contribution >= 0.6 is 0 Å². The van der Waals surface area contributed by atoms with E-state index in [9.17, 15) is 27.9 Å². The first-order valence-corrected chi connectivity index (χ1v) is 8.11. The molecule has 0 aromatic heterocycles. The summed E-state index contributed by atoms with van der Waals surface area (Å²) in [7, 11) is 0. The number of nitrogens with one attached hydrogen (secondary N) is 1. The number of hydrogen-bond donors (Lipinski definition) is 2. The van der Waals surface area contributed by atoms with E-state index < -0.39 is 35.1 Å². The lowest BCUT2D eigenvalue weighted by Gasteiger charge is -2.36. The van der Waals surface area contributed by atoms with Crippen LogP contribution in [-0.4, -0.2) is 39.9 Å². The Labute approximate surface area is 148 Å². The number of ether oxygens (including phenoxy) is 1. The molecule has 0 radical (unpaired) electrons. The molecule has 0 spiro atoms. The van der Waals surface area contributed by atoms with E-state index in [1.807, 2.05) is 0 Å². The zero-order chi connectivity index (χ0) is 19.8. The molecule has 1 fully saturated rings. The van der Waals surface area contributed by atoms with Crippen LogP contribution in [0.5, 0.6) is 0 Å². The van der Waals surface area contributed by atoms with Gasteiger partial charge < -0.3 is 15.2 Å². The van der Waals surface area contributed by atoms with E-state index in [1.54, 1.807) is 13.8 Å². The summed E-state index contributed by atoms with van der Waals surface area (Å²) in [6, 6.07) is 4.61. The van der Waals surface area contributed by atoms with Crippen molar-refractivity contribution in [3.8, 4) is 0 Å². The molecular formula is C17H21F3N2O4. The second-order valence-electron chi connectivity index (χ2n) is 6.47. The van der Waals surface area contributed by atoms with Gasteiger partial charge in [0.25, 0.3) is 0 Å². The van der Waals surface area contributed by atoms with Gasteiger partial charge in [0.05, 0.1) is 11.3 Å². The van der Waals surface area contributed by atoms with E-state index in [0.29, 0.717) is 6.42 Å². The number of carbonyl (C=O) groups is 2. The van der Waals surface area contributed by atoms with Gasteiger partial charge >= 0.3 is 12.3 Å². The minimum Gasteiger partial charge on any atom is -0.438 e. The number of para-hydroxylation sites is 1. The Morgan fingerprint density at radius 2 is 1.92 bits per heavy atom. The first kappa shape index (κ1) is 20.0. The summed E-state index contributed by atoms with van der Waals surface area (Å²) in [5.74, 6) is -0.713. The smallest absolute Gasteiger partial charge is 0.418 e. The summed E-state index contributed by atoms with van der Waals surface area (Å²) in [5, 5.41) is 12.8. The Bertz CT molecular complexity index is 705. The topological polar surface area (TPSA) is 78.9 Å². The molecule has 0 unspecified atom stereocenters. The molecule has 1 aliphatic rings. The van der Waals surface area contributed by atoms with Crippen molar-refractivity contribution in [3.63, 3.8) is 0 Å². The average molecular weight is 374 g/mol. The Morgan fingerprint density at radius 3 is 2.46 bits per heavy atom. The van der Waals surface area contributed by atoms with Crippen LogP contribution in [0, 0.1) is 0 Å². The highest BCUT2D eigenvalue weighted by molar-refractivity contribution is 5.92. The third kappa shape index (κ3) is 3.62. The molecule has 2 rings (SSSR count). The highest BCUT2D eigenvalue weighted by Crippen LogP contribution is 2.39. The van der Waals surface area contributed by atoms with Crippen LogP contribution in [0.1, 0.15) is 39.2 Å². The monoisotopic (exact) mass is 374 g/mol. The summed E-state index contributed by atoms with van der Waals surface area (Å²) in [5.41, 5.74) is -4.09. The molecule has 2 amide bonds. The maximum Gasteiger partial charge on any atom is 0.418 e. The van der Waals surface area contributed by atoms with Crippen molar-refractivity contribution in [2.75, 3.05) is 11.9 Å². The molecule has 26 heavy (non-hydrogen) atoms. The Hall–Kier alpha value is -2.29. The van der Waals surface area contributed by atoms with Gasteiger partial charge in [0.1, 0.15) is 0 Å². The molecule has 1 aromatic rings. The van der Waals surface area contributed by atoms with Crippen LogP contribution in [0.2, 0.25) is 0 Å². The van der Waals surface area contributed by atoms with Crippen LogP contribution in [0.15, 0.2) is 24.3 Å². The second-order valence-corrected chi connectivity index (χ2v) is 6.47. The van der Waals surface area contributed by atoms with Gasteiger partial charge in [0, 0.05) is 13.0 Å². The van der Waals surface area contributed by atoms with Gasteiger partial charge in [-0.25, -0.2) is 4.79 Å². The maximum absolute atomic E-state index is 13.0. The van der Waals surface area contributed by atoms with E-state index in [-0.39, 0.29) is 18.7 Å². The average Bonchev–Trinajstić information content (AvgIpc) is 2.70. The Balaban J connectivity index is 2.06. The third-order valence-electron chi connectivity index (χ3n) is 4.80. The van der Waals surface area contributed by atoms with Gasteiger partial charge in [0.15, 0.2) is 11.3 Å². The fourth-order valence-corrected chi connectivity index (χ4v) is 2.79. The van der Waals surface area contributed by atoms with Crippen molar-refractivity contribution in [1.82, 2.24) is 4.90 Å². The molecule has 1 saturated heterocycles. The first-order valence-electron chi connectivity index (χ1n) is 8.11. The van der Waals surface area contributed by atoms with Gasteiger partial charge in [-0.3, -0.25) is 9.69 Å². The molecule has 6 nitrogen and oxygen atoms in total. The Kier molecular flexibility index (Phi) is 5.23. The fraction of sp³-hybridized carbons (Fsp3) is 0.529. The van der Waals surface area contributed by atoms with Crippen molar-refractivity contribution < 1.29 is 32.6 Å². The number of rotatable bonds is 5. The molecule has 144 valence electrons. The van der Waals surface area contributed by atoms with Crippen LogP contribution in [0.3, 0.4) is 0 Å². The molecule has 0 bridgehead atoms. The molecule has 0 saturated carbocycles. The zero-order valence-corrected chi connectivity index (χ0v) is 14.7. The predicted molar refractivity (Wildman–Crippen MR) is 87.2 cm³/mol. The number of halogens is 3. The molecule has 1 aliphatic heterocycles. The predicted octanol–water partition coefficient (Wildman–Crippen LogP) is 3.36. The zero-order valence-electron chi connectivity index (χ0n) is 14.7. The number of alkyl halides is 3. The normalized spacial score (nSPS) is 26.0. The number of benzene rings is 1. The highest BCUT2D eigenvalue weighted by atomic mass is 19.4. The standard InChI is InChI=1S/C17H21F3N2O4/c1-4-15(2)16(3,25)22(14(24)26-15)10-9-13(23)21-12-8-6-5-7-11(12)17(18,19)20/h5-8,25H,4,9-10H2,1-3H3,(H,21,23)/t15-,16-/m1/s1. The summed E-state index contributed by atoms with van der Waals surface area (Å²) in [6.07, 6.45) is -5.32. The fourth-order valence-electron chi connectivity index (χ4n) is 2.79. The largest absolute Gasteiger partial charge is 0.438 e. The van der Waals surface area contributed by atoms with Gasteiger partial charge in [-0.15, -0.1) is 0 Å². The van der Waals surface area contributed by atoms with Crippen LogP contribution < -0.4 is 5.32 Å². The van der Waals surface area contributed by atoms with Crippen molar-refractivity contribution in [2.45, 2.75) is 51.1 Å². The third-order valence-corrected chi connectivity index (χ3v) is 4.80. The molecule has 2 N–H and O–H groups in total. The van der Waals surface area contributed by atoms with Crippen LogP contribution in [-0.2, 0) is 15.7 Å². The van der Waals surface area contributed by atoms with Gasteiger partial charge in [-0.1, -0.05) is 19.1 Å². The summed E-state index contributed by atoms with van der Waals surface area (Å²) in [6.45, 7) is 4.52. The summed E-state index contributed by atoms with van der Waals surface area (Å²) < 4.78 is 44.1. The number of carbonyl (C=O) groups excluding carboxylic acids is 2. The van der Waals surface area contributed by atoms with E-state index in [4.69, 9.17) is 4.74 Å². The molecule has 0 aliphatic carbocycles. The second kappa shape index (κ2) is 6.79. The minimum atomic E-state index is -4.60. The van der Waals surface area contributed by atoms with Crippen molar-refractivity contribution in [1.29, 1.82) is 0 Å². The van der Waals surface area contributed by atoms with E-state index in [0.717, 1.165) is 17.0 Å². The van der Waals surface area contributed by atoms with Crippen molar-refractivity contribution >= 4 is 17.7 Å². The van der Waals surface area contributed by atoms with Gasteiger partial charge in [-0.2, -0.15) is 13.2 Å². The van der Waals surface area contributed by atoms with Crippen molar-refractivity contribution in [2.24, 2.45) is 0 Å². The lowest BCUT2D eigenvalue weighted by Crippen LogP contribution is -2.55. The minimum absolute atomic E-state index is 0.193. The van der Waals surface area contributed by atoms with Crippen LogP contribution in [0.4, 0.5) is 23.7 Å². The molecule has 9 heteroatoms. The van der Waals surface area contributed by atoms with E-state index >= 15 is 0 Å². The number of aliphatic hydroxyl groups is 1. The van der Waals surface area contributed by atoms with Gasteiger partial charge in [-0.05, 0) is 32.4 Å². The Morgan fingerprint density at radius 1 is 1.31 bits per heavy atom. The van der Waals surface area contributed by atoms with Crippen molar-refractivity contribution in [3.05, 3.63) is 29.8 Å². The molecule has 2 atom stereocenters. The number of anilines is 1. The highest BCUT2D eigenvalue weighted by Gasteiger charge is 2.58. The first-order chi connectivity index (χ1) is 11.9. The van der Waals surface area contributed by atoms with Gasteiger partial charge in [0.2, 0.25) is 5.91 Å². The number of hydrogen-bond acceptors (Lipinski definition) is 4. The summed E-state index contributed by atoms with van der Waals surface area (Å²) in [4.78, 5) is 25.0. The number of amides is 2.